The second-order valence-electron chi connectivity index (χ2n) is 8.84. The average molecular weight is 483 g/mol. The number of para-hydroxylation sites is 1. The maximum Gasteiger partial charge on any atom is 0.258 e. The highest BCUT2D eigenvalue weighted by atomic mass is 35.5. The highest BCUT2D eigenvalue weighted by Crippen LogP contribution is 2.60. The molecule has 0 aliphatic heterocycles. The van der Waals surface area contributed by atoms with Crippen LogP contribution in [-0.2, 0) is 9.09 Å². The number of hydrogen-bond donors (Lipinski definition) is 1. The van der Waals surface area contributed by atoms with Gasteiger partial charge in [0.1, 0.15) is 5.78 Å². The van der Waals surface area contributed by atoms with E-state index in [1.807, 2.05) is 97.9 Å². The van der Waals surface area contributed by atoms with E-state index in [2.05, 4.69) is 5.32 Å². The van der Waals surface area contributed by atoms with E-state index in [1.165, 1.54) is 6.42 Å². The van der Waals surface area contributed by atoms with Crippen molar-refractivity contribution >= 4 is 35.6 Å². The molecule has 3 aromatic carbocycles. The van der Waals surface area contributed by atoms with Crippen molar-refractivity contribution in [2.24, 2.45) is 0 Å². The van der Waals surface area contributed by atoms with Gasteiger partial charge in [-0.1, -0.05) is 61.2 Å². The van der Waals surface area contributed by atoms with Crippen LogP contribution in [0.15, 0.2) is 78.9 Å². The van der Waals surface area contributed by atoms with Crippen molar-refractivity contribution in [3.63, 3.8) is 0 Å². The van der Waals surface area contributed by atoms with Crippen molar-refractivity contribution in [3.05, 3.63) is 89.4 Å². The van der Waals surface area contributed by atoms with Crippen molar-refractivity contribution in [1.82, 2.24) is 0 Å². The summed E-state index contributed by atoms with van der Waals surface area (Å²) in [5.74, 6) is -0.538. The van der Waals surface area contributed by atoms with Crippen LogP contribution in [0.3, 0.4) is 0 Å². The Morgan fingerprint density at radius 1 is 0.909 bits per heavy atom. The van der Waals surface area contributed by atoms with Crippen molar-refractivity contribution in [2.45, 2.75) is 44.0 Å². The summed E-state index contributed by atoms with van der Waals surface area (Å²) in [6.45, 7) is 0. The maximum atomic E-state index is 15.0. The molecule has 1 fully saturated rings. The van der Waals surface area contributed by atoms with E-state index in [0.717, 1.165) is 47.9 Å². The fourth-order valence-electron chi connectivity index (χ4n) is 4.32. The lowest BCUT2D eigenvalue weighted by Crippen LogP contribution is -2.25. The standard InChI is InChI=1S/C27H32ClN2O2P/c1-30(2)24-17-19-26(20-18-24)33(31,32-25-11-7-4-8-12-25)27(21-13-15-22(28)16-14-21)29-23-9-5-3-6-10-23/h3,5-6,9-10,13-20,25,27,29H,4,7-8,11-12H2,1-2H3/t27-,33+/m0/s1. The summed E-state index contributed by atoms with van der Waals surface area (Å²) in [7, 11) is 0.626. The van der Waals surface area contributed by atoms with Crippen LogP contribution in [0.4, 0.5) is 11.4 Å². The van der Waals surface area contributed by atoms with Crippen LogP contribution < -0.4 is 15.5 Å². The van der Waals surface area contributed by atoms with Crippen LogP contribution in [0.5, 0.6) is 0 Å². The van der Waals surface area contributed by atoms with Gasteiger partial charge in [-0.05, 0) is 66.9 Å². The summed E-state index contributed by atoms with van der Waals surface area (Å²) < 4.78 is 21.7. The summed E-state index contributed by atoms with van der Waals surface area (Å²) in [4.78, 5) is 2.04. The van der Waals surface area contributed by atoms with Crippen molar-refractivity contribution in [3.8, 4) is 0 Å². The third-order valence-corrected chi connectivity index (χ3v) is 9.18. The van der Waals surface area contributed by atoms with Crippen molar-refractivity contribution in [1.29, 1.82) is 0 Å². The minimum atomic E-state index is -3.38. The Labute approximate surface area is 202 Å². The molecule has 0 radical (unpaired) electrons. The van der Waals surface area contributed by atoms with Gasteiger partial charge in [-0.2, -0.15) is 0 Å². The molecule has 0 saturated heterocycles. The van der Waals surface area contributed by atoms with Crippen LogP contribution >= 0.6 is 19.0 Å². The molecule has 1 N–H and O–H groups in total. The first-order chi connectivity index (χ1) is 16.0. The molecule has 4 rings (SSSR count). The third-order valence-electron chi connectivity index (χ3n) is 6.19. The number of halogens is 1. The van der Waals surface area contributed by atoms with E-state index in [-0.39, 0.29) is 6.10 Å². The zero-order valence-corrected chi connectivity index (χ0v) is 20.9. The fourth-order valence-corrected chi connectivity index (χ4v) is 7.09. The number of nitrogens with one attached hydrogen (secondary N) is 1. The molecule has 6 heteroatoms. The monoisotopic (exact) mass is 482 g/mol. The van der Waals surface area contributed by atoms with Gasteiger partial charge in [-0.3, -0.25) is 4.57 Å². The Morgan fingerprint density at radius 3 is 2.15 bits per heavy atom. The van der Waals surface area contributed by atoms with E-state index >= 15 is 4.57 Å². The first kappa shape index (κ1) is 23.9. The van der Waals surface area contributed by atoms with E-state index in [4.69, 9.17) is 16.1 Å². The Morgan fingerprint density at radius 2 is 1.55 bits per heavy atom. The maximum absolute atomic E-state index is 15.0. The molecular weight excluding hydrogens is 451 g/mol. The Balaban J connectivity index is 1.80. The van der Waals surface area contributed by atoms with Gasteiger partial charge in [0.2, 0.25) is 0 Å². The second kappa shape index (κ2) is 10.8. The smallest absolute Gasteiger partial charge is 0.258 e. The first-order valence-corrected chi connectivity index (χ1v) is 13.7. The third kappa shape index (κ3) is 5.81. The molecule has 1 saturated carbocycles. The van der Waals surface area contributed by atoms with E-state index < -0.39 is 13.2 Å². The molecule has 0 heterocycles. The van der Waals surface area contributed by atoms with Gasteiger partial charge < -0.3 is 14.7 Å². The highest BCUT2D eigenvalue weighted by Gasteiger charge is 2.40. The summed E-state index contributed by atoms with van der Waals surface area (Å²) in [5, 5.41) is 4.91. The number of anilines is 2. The molecule has 174 valence electrons. The fraction of sp³-hybridized carbons (Fsp3) is 0.333. The van der Waals surface area contributed by atoms with Gasteiger partial charge in [-0.15, -0.1) is 0 Å². The van der Waals surface area contributed by atoms with Gasteiger partial charge in [-0.25, -0.2) is 0 Å². The zero-order valence-electron chi connectivity index (χ0n) is 19.3. The van der Waals surface area contributed by atoms with Crippen LogP contribution in [0.25, 0.3) is 0 Å². The molecule has 0 amide bonds. The largest absolute Gasteiger partial charge is 0.378 e. The topological polar surface area (TPSA) is 41.6 Å². The molecule has 0 unspecified atom stereocenters. The van der Waals surface area contributed by atoms with Crippen LogP contribution in [-0.4, -0.2) is 20.2 Å². The minimum absolute atomic E-state index is 0.00881. The molecule has 0 spiro atoms. The first-order valence-electron chi connectivity index (χ1n) is 11.6. The van der Waals surface area contributed by atoms with Crippen LogP contribution in [0.2, 0.25) is 5.02 Å². The lowest BCUT2D eigenvalue weighted by Gasteiger charge is -2.34. The van der Waals surface area contributed by atoms with Gasteiger partial charge in [0.25, 0.3) is 7.37 Å². The van der Waals surface area contributed by atoms with Crippen molar-refractivity contribution < 1.29 is 9.09 Å². The second-order valence-corrected chi connectivity index (χ2v) is 11.7. The lowest BCUT2D eigenvalue weighted by atomic mass is 9.98. The normalized spacial score (nSPS) is 17.2. The van der Waals surface area contributed by atoms with Gasteiger partial charge in [0.05, 0.1) is 6.10 Å². The lowest BCUT2D eigenvalue weighted by molar-refractivity contribution is 0.159. The molecule has 2 atom stereocenters. The quantitative estimate of drug-likeness (QED) is 0.338. The van der Waals surface area contributed by atoms with Crippen LogP contribution in [0, 0.1) is 0 Å². The predicted molar refractivity (Wildman–Crippen MR) is 140 cm³/mol. The summed E-state index contributed by atoms with van der Waals surface area (Å²) in [6.07, 6.45) is 5.32. The molecule has 0 bridgehead atoms. The average Bonchev–Trinajstić information content (AvgIpc) is 2.84. The predicted octanol–water partition coefficient (Wildman–Crippen LogP) is 7.47. The van der Waals surface area contributed by atoms with Crippen LogP contribution in [0.1, 0.15) is 43.5 Å². The number of benzene rings is 3. The van der Waals surface area contributed by atoms with E-state index in [9.17, 15) is 0 Å². The number of nitrogens with zero attached hydrogens (tertiary/aromatic N) is 1. The van der Waals surface area contributed by atoms with E-state index in [1.54, 1.807) is 0 Å². The zero-order chi connectivity index (χ0) is 23.3. The molecular formula is C27H32ClN2O2P. The molecule has 1 aliphatic carbocycles. The molecule has 1 aliphatic rings. The summed E-state index contributed by atoms with van der Waals surface area (Å²) >= 11 is 6.19. The highest BCUT2D eigenvalue weighted by molar-refractivity contribution is 7.67. The van der Waals surface area contributed by atoms with Gasteiger partial charge in [0.15, 0.2) is 0 Å². The minimum Gasteiger partial charge on any atom is -0.378 e. The Hall–Kier alpha value is -2.26. The number of hydrogen-bond acceptors (Lipinski definition) is 4. The van der Waals surface area contributed by atoms with Gasteiger partial charge >= 0.3 is 0 Å². The van der Waals surface area contributed by atoms with E-state index in [0.29, 0.717) is 5.02 Å². The van der Waals surface area contributed by atoms with Gasteiger partial charge in [0, 0.05) is 35.8 Å². The number of rotatable bonds is 8. The SMILES string of the molecule is CN(C)c1ccc([P@@](=O)(OC2CCCCC2)[C@H](Nc2ccccc2)c2ccc(Cl)cc2)cc1. The Bertz CT molecular complexity index is 1070. The molecule has 3 aromatic rings. The summed E-state index contributed by atoms with van der Waals surface area (Å²) in [5.41, 5.74) is 2.84. The molecule has 0 aromatic heterocycles. The Kier molecular flexibility index (Phi) is 7.80. The molecule has 4 nitrogen and oxygen atoms in total. The van der Waals surface area contributed by atoms with Crippen molar-refractivity contribution in [2.75, 3.05) is 24.3 Å². The summed E-state index contributed by atoms with van der Waals surface area (Å²) in [6, 6.07) is 25.4. The molecule has 33 heavy (non-hydrogen) atoms.